The summed E-state index contributed by atoms with van der Waals surface area (Å²) in [6.07, 6.45) is 0. The number of aromatic nitrogens is 2. The number of rotatable bonds is 6. The van der Waals surface area contributed by atoms with E-state index in [-0.39, 0.29) is 33.2 Å². The zero-order chi connectivity index (χ0) is 22.0. The third-order valence-corrected chi connectivity index (χ3v) is 5.55. The lowest BCUT2D eigenvalue weighted by atomic mass is 10.1. The van der Waals surface area contributed by atoms with Crippen LogP contribution in [0.4, 0.5) is 5.00 Å². The molecule has 0 aliphatic heterocycles. The minimum Gasteiger partial charge on any atom is -0.465 e. The van der Waals surface area contributed by atoms with E-state index in [1.807, 2.05) is 0 Å². The van der Waals surface area contributed by atoms with Crippen molar-refractivity contribution in [1.29, 1.82) is 0 Å². The molecule has 0 atom stereocenters. The van der Waals surface area contributed by atoms with Gasteiger partial charge in [0.2, 0.25) is 0 Å². The molecule has 30 heavy (non-hydrogen) atoms. The summed E-state index contributed by atoms with van der Waals surface area (Å²) in [4.78, 5) is 49.0. The number of hydrogen-bond donors (Lipinski definition) is 1. The summed E-state index contributed by atoms with van der Waals surface area (Å²) in [6, 6.07) is 7.02. The Hall–Kier alpha value is -3.60. The fourth-order valence-electron chi connectivity index (χ4n) is 3.05. The Labute approximate surface area is 174 Å². The second-order valence-corrected chi connectivity index (χ2v) is 7.26. The first kappa shape index (κ1) is 21.1. The van der Waals surface area contributed by atoms with Gasteiger partial charge in [-0.2, -0.15) is 0 Å². The van der Waals surface area contributed by atoms with E-state index < -0.39 is 24.5 Å². The number of hydrogen-bond acceptors (Lipinski definition) is 9. The Morgan fingerprint density at radius 1 is 1.07 bits per heavy atom. The maximum absolute atomic E-state index is 12.4. The summed E-state index contributed by atoms with van der Waals surface area (Å²) in [5, 5.41) is 0.0403. The zero-order valence-corrected chi connectivity index (χ0v) is 17.3. The van der Waals surface area contributed by atoms with Crippen molar-refractivity contribution in [3.05, 3.63) is 50.8 Å². The van der Waals surface area contributed by atoms with Gasteiger partial charge in [0.25, 0.3) is 0 Å². The summed E-state index contributed by atoms with van der Waals surface area (Å²) in [5.41, 5.74) is 6.75. The average Bonchev–Trinajstić information content (AvgIpc) is 3.20. The van der Waals surface area contributed by atoms with Crippen molar-refractivity contribution in [2.45, 2.75) is 13.2 Å². The van der Waals surface area contributed by atoms with Gasteiger partial charge in [0, 0.05) is 12.6 Å². The third-order valence-electron chi connectivity index (χ3n) is 4.51. The van der Waals surface area contributed by atoms with Gasteiger partial charge in [-0.3, -0.25) is 13.9 Å². The van der Waals surface area contributed by atoms with E-state index in [9.17, 15) is 19.2 Å². The van der Waals surface area contributed by atoms with Crippen LogP contribution in [0.2, 0.25) is 0 Å². The molecule has 10 nitrogen and oxygen atoms in total. The van der Waals surface area contributed by atoms with Crippen LogP contribution in [0.1, 0.15) is 25.6 Å². The molecule has 1 aromatic carbocycles. The molecule has 158 valence electrons. The summed E-state index contributed by atoms with van der Waals surface area (Å²) >= 11 is 0.833. The van der Waals surface area contributed by atoms with E-state index in [1.165, 1.54) is 23.4 Å². The third kappa shape index (κ3) is 3.66. The van der Waals surface area contributed by atoms with E-state index in [1.54, 1.807) is 31.3 Å². The number of benzene rings is 1. The number of para-hydroxylation sites is 2. The Kier molecular flexibility index (Phi) is 5.92. The molecule has 0 radical (unpaired) electrons. The number of nitrogens with two attached hydrogens (primary N) is 1. The number of thiophene rings is 1. The van der Waals surface area contributed by atoms with E-state index in [0.29, 0.717) is 11.0 Å². The van der Waals surface area contributed by atoms with E-state index in [4.69, 9.17) is 19.9 Å². The Bertz CT molecular complexity index is 1200. The highest BCUT2D eigenvalue weighted by molar-refractivity contribution is 7.18. The molecule has 0 bridgehead atoms. The van der Waals surface area contributed by atoms with Crippen molar-refractivity contribution in [1.82, 2.24) is 9.13 Å². The highest BCUT2D eigenvalue weighted by Crippen LogP contribution is 2.33. The maximum Gasteiger partial charge on any atom is 0.348 e. The Balaban J connectivity index is 1.87. The molecular formula is C19H19N3O7S. The molecule has 0 fully saturated rings. The lowest BCUT2D eigenvalue weighted by Gasteiger charge is -2.08. The van der Waals surface area contributed by atoms with Crippen molar-refractivity contribution >= 4 is 45.3 Å². The van der Waals surface area contributed by atoms with Crippen LogP contribution in [0.25, 0.3) is 11.0 Å². The van der Waals surface area contributed by atoms with Gasteiger partial charge in [-0.25, -0.2) is 14.4 Å². The molecular weight excluding hydrogens is 414 g/mol. The standard InChI is InChI=1S/C19H19N3O7S/c1-21-11-6-4-5-7-12(11)22(19(21)26)8-13(23)29-9-10-14(17(24)27-2)16(20)30-15(10)18(25)28-3/h4-7H,8-9,20H2,1-3H3. The molecule has 2 N–H and O–H groups in total. The van der Waals surface area contributed by atoms with E-state index in [0.717, 1.165) is 11.3 Å². The van der Waals surface area contributed by atoms with Gasteiger partial charge in [0.05, 0.1) is 25.3 Å². The topological polar surface area (TPSA) is 132 Å². The Morgan fingerprint density at radius 3 is 2.33 bits per heavy atom. The first-order chi connectivity index (χ1) is 14.3. The fraction of sp³-hybridized carbons (Fsp3) is 0.263. The van der Waals surface area contributed by atoms with Crippen molar-refractivity contribution in [3.8, 4) is 0 Å². The minimum atomic E-state index is -0.768. The number of imidazole rings is 1. The lowest BCUT2D eigenvalue weighted by Crippen LogP contribution is -2.26. The molecule has 0 spiro atoms. The number of carbonyl (C=O) groups excluding carboxylic acids is 3. The van der Waals surface area contributed by atoms with Crippen LogP contribution in [0.15, 0.2) is 29.1 Å². The van der Waals surface area contributed by atoms with E-state index >= 15 is 0 Å². The molecule has 3 rings (SSSR count). The Morgan fingerprint density at radius 2 is 1.70 bits per heavy atom. The van der Waals surface area contributed by atoms with Gasteiger partial charge in [0.1, 0.15) is 28.6 Å². The molecule has 3 aromatic rings. The number of anilines is 1. The largest absolute Gasteiger partial charge is 0.465 e. The summed E-state index contributed by atoms with van der Waals surface area (Å²) < 4.78 is 17.4. The summed E-state index contributed by atoms with van der Waals surface area (Å²) in [6.45, 7) is -0.762. The maximum atomic E-state index is 12.4. The second kappa shape index (κ2) is 8.41. The number of esters is 3. The summed E-state index contributed by atoms with van der Waals surface area (Å²) in [7, 11) is 3.95. The van der Waals surface area contributed by atoms with Gasteiger partial charge in [-0.05, 0) is 12.1 Å². The summed E-state index contributed by atoms with van der Waals surface area (Å²) in [5.74, 6) is -2.22. The SMILES string of the molecule is COC(=O)c1sc(N)c(C(=O)OC)c1COC(=O)Cn1c(=O)n(C)c2ccccc21. The van der Waals surface area contributed by atoms with Crippen molar-refractivity contribution in [3.63, 3.8) is 0 Å². The number of ether oxygens (including phenoxy) is 3. The molecule has 2 aromatic heterocycles. The van der Waals surface area contributed by atoms with Crippen LogP contribution in [0.5, 0.6) is 0 Å². The fourth-order valence-corrected chi connectivity index (χ4v) is 4.03. The van der Waals surface area contributed by atoms with Crippen LogP contribution in [0.3, 0.4) is 0 Å². The predicted octanol–water partition coefficient (Wildman–Crippen LogP) is 1.30. The quantitative estimate of drug-likeness (QED) is 0.454. The number of fused-ring (bicyclic) bond motifs is 1. The molecule has 0 amide bonds. The minimum absolute atomic E-state index is 0.0329. The molecule has 0 unspecified atom stereocenters. The van der Waals surface area contributed by atoms with Gasteiger partial charge in [0.15, 0.2) is 0 Å². The molecule has 2 heterocycles. The predicted molar refractivity (Wildman–Crippen MR) is 108 cm³/mol. The number of methoxy groups -OCH3 is 2. The van der Waals surface area contributed by atoms with Gasteiger partial charge >= 0.3 is 23.6 Å². The monoisotopic (exact) mass is 433 g/mol. The molecule has 11 heteroatoms. The van der Waals surface area contributed by atoms with Crippen molar-refractivity contribution < 1.29 is 28.6 Å². The first-order valence-electron chi connectivity index (χ1n) is 8.67. The molecule has 0 aliphatic carbocycles. The van der Waals surface area contributed by atoms with Gasteiger partial charge < -0.3 is 19.9 Å². The lowest BCUT2D eigenvalue weighted by molar-refractivity contribution is -0.145. The highest BCUT2D eigenvalue weighted by Gasteiger charge is 2.28. The normalized spacial score (nSPS) is 10.8. The zero-order valence-electron chi connectivity index (χ0n) is 16.5. The average molecular weight is 433 g/mol. The van der Waals surface area contributed by atoms with Crippen molar-refractivity contribution in [2.75, 3.05) is 20.0 Å². The van der Waals surface area contributed by atoms with Crippen LogP contribution in [-0.2, 0) is 39.2 Å². The van der Waals surface area contributed by atoms with Gasteiger partial charge in [-0.15, -0.1) is 11.3 Å². The smallest absolute Gasteiger partial charge is 0.348 e. The molecule has 0 saturated carbocycles. The number of carbonyl (C=O) groups is 3. The van der Waals surface area contributed by atoms with Gasteiger partial charge in [-0.1, -0.05) is 12.1 Å². The second-order valence-electron chi connectivity index (χ2n) is 6.21. The highest BCUT2D eigenvalue weighted by atomic mass is 32.1. The van der Waals surface area contributed by atoms with Crippen LogP contribution >= 0.6 is 11.3 Å². The molecule has 0 saturated heterocycles. The number of aryl methyl sites for hydroxylation is 1. The molecule has 0 aliphatic rings. The van der Waals surface area contributed by atoms with E-state index in [2.05, 4.69) is 0 Å². The number of nitrogen functional groups attached to an aromatic ring is 1. The van der Waals surface area contributed by atoms with Crippen LogP contribution in [0, 0.1) is 0 Å². The van der Waals surface area contributed by atoms with Crippen LogP contribution < -0.4 is 11.4 Å². The first-order valence-corrected chi connectivity index (χ1v) is 9.49. The van der Waals surface area contributed by atoms with Crippen LogP contribution in [-0.4, -0.2) is 41.3 Å². The number of nitrogens with zero attached hydrogens (tertiary/aromatic N) is 2. The van der Waals surface area contributed by atoms with Crippen molar-refractivity contribution in [2.24, 2.45) is 7.05 Å².